The zero-order valence-electron chi connectivity index (χ0n) is 12.9. The third kappa shape index (κ3) is 5.68. The smallest absolute Gasteiger partial charge is 0.275 e. The third-order valence-electron chi connectivity index (χ3n) is 4.16. The molecule has 1 aliphatic rings. The Balaban J connectivity index is 1.73. The number of rotatable bonds is 6. The quantitative estimate of drug-likeness (QED) is 0.689. The molecule has 7 heteroatoms. The van der Waals surface area contributed by atoms with Crippen LogP contribution in [0.4, 0.5) is 0 Å². The minimum absolute atomic E-state index is 0.0183. The number of nitrogens with one attached hydrogen (secondary N) is 2. The van der Waals surface area contributed by atoms with Crippen molar-refractivity contribution in [2.45, 2.75) is 19.3 Å². The van der Waals surface area contributed by atoms with Gasteiger partial charge in [-0.1, -0.05) is 29.3 Å². The highest BCUT2D eigenvalue weighted by atomic mass is 35.5. The lowest BCUT2D eigenvalue weighted by atomic mass is 9.97. The Morgan fingerprint density at radius 2 is 2.13 bits per heavy atom. The molecule has 1 saturated heterocycles. The van der Waals surface area contributed by atoms with Crippen molar-refractivity contribution in [2.75, 3.05) is 26.2 Å². The maximum atomic E-state index is 12.0. The number of benzene rings is 1. The molecule has 1 aromatic rings. The Labute approximate surface area is 146 Å². The molecule has 1 heterocycles. The van der Waals surface area contributed by atoms with Gasteiger partial charge in [-0.05, 0) is 37.0 Å². The SMILES string of the molecule is NC(=O)[C@H]1CCC[NH+](CC(=O)NCCc2ccc(Cl)cc2Cl)C1. The van der Waals surface area contributed by atoms with Crippen molar-refractivity contribution in [2.24, 2.45) is 11.7 Å². The van der Waals surface area contributed by atoms with E-state index in [1.165, 1.54) is 0 Å². The third-order valence-corrected chi connectivity index (χ3v) is 4.75. The lowest BCUT2D eigenvalue weighted by Gasteiger charge is -2.27. The van der Waals surface area contributed by atoms with Crippen LogP contribution in [-0.2, 0) is 16.0 Å². The van der Waals surface area contributed by atoms with E-state index < -0.39 is 0 Å². The summed E-state index contributed by atoms with van der Waals surface area (Å²) in [5.41, 5.74) is 6.31. The summed E-state index contributed by atoms with van der Waals surface area (Å²) in [6.07, 6.45) is 2.41. The molecule has 0 spiro atoms. The molecule has 2 rings (SSSR count). The lowest BCUT2D eigenvalue weighted by Crippen LogP contribution is -3.15. The van der Waals surface area contributed by atoms with Crippen LogP contribution in [0, 0.1) is 5.92 Å². The van der Waals surface area contributed by atoms with Crippen LogP contribution in [0.25, 0.3) is 0 Å². The number of halogens is 2. The van der Waals surface area contributed by atoms with Crippen LogP contribution in [0.1, 0.15) is 18.4 Å². The van der Waals surface area contributed by atoms with Gasteiger partial charge in [-0.3, -0.25) is 9.59 Å². The summed E-state index contributed by atoms with van der Waals surface area (Å²) in [5, 5.41) is 4.10. The fourth-order valence-electron chi connectivity index (χ4n) is 2.91. The molecule has 2 atom stereocenters. The molecule has 5 nitrogen and oxygen atoms in total. The van der Waals surface area contributed by atoms with Crippen LogP contribution < -0.4 is 16.0 Å². The van der Waals surface area contributed by atoms with Crippen molar-refractivity contribution < 1.29 is 14.5 Å². The summed E-state index contributed by atoms with van der Waals surface area (Å²) < 4.78 is 0. The van der Waals surface area contributed by atoms with Gasteiger partial charge in [0, 0.05) is 16.6 Å². The van der Waals surface area contributed by atoms with Crippen molar-refractivity contribution in [3.05, 3.63) is 33.8 Å². The fourth-order valence-corrected chi connectivity index (χ4v) is 3.41. The largest absolute Gasteiger partial charge is 0.369 e. The molecule has 126 valence electrons. The Bertz CT molecular complexity index is 580. The number of likely N-dealkylation sites (tertiary alicyclic amines) is 1. The number of primary amides is 1. The highest BCUT2D eigenvalue weighted by molar-refractivity contribution is 6.35. The molecular weight excluding hydrogens is 337 g/mol. The lowest BCUT2D eigenvalue weighted by molar-refractivity contribution is -0.899. The van der Waals surface area contributed by atoms with E-state index in [1.54, 1.807) is 12.1 Å². The second-order valence-electron chi connectivity index (χ2n) is 5.96. The van der Waals surface area contributed by atoms with Gasteiger partial charge < -0.3 is 16.0 Å². The standard InChI is InChI=1S/C16H21Cl2N3O2/c17-13-4-3-11(14(18)8-13)5-6-20-15(22)10-21-7-1-2-12(9-21)16(19)23/h3-4,8,12H,1-2,5-7,9-10H2,(H2,19,23)(H,20,22)/p+1/t12-/m0/s1. The predicted molar refractivity (Wildman–Crippen MR) is 90.7 cm³/mol. The van der Waals surface area contributed by atoms with E-state index in [2.05, 4.69) is 5.32 Å². The number of piperidine rings is 1. The zero-order chi connectivity index (χ0) is 16.8. The monoisotopic (exact) mass is 358 g/mol. The molecule has 1 aromatic carbocycles. The first-order chi connectivity index (χ1) is 11.0. The average Bonchev–Trinajstić information content (AvgIpc) is 2.49. The number of nitrogens with two attached hydrogens (primary N) is 1. The van der Waals surface area contributed by atoms with Gasteiger partial charge in [-0.25, -0.2) is 0 Å². The van der Waals surface area contributed by atoms with Gasteiger partial charge >= 0.3 is 0 Å². The van der Waals surface area contributed by atoms with Gasteiger partial charge in [0.2, 0.25) is 5.91 Å². The van der Waals surface area contributed by atoms with Crippen molar-refractivity contribution in [3.63, 3.8) is 0 Å². The first-order valence-corrected chi connectivity index (χ1v) is 8.55. The second-order valence-corrected chi connectivity index (χ2v) is 6.80. The predicted octanol–water partition coefficient (Wildman–Crippen LogP) is 0.432. The van der Waals surface area contributed by atoms with Gasteiger partial charge in [0.05, 0.1) is 19.0 Å². The van der Waals surface area contributed by atoms with Crippen LogP contribution in [0.5, 0.6) is 0 Å². The summed E-state index contributed by atoms with van der Waals surface area (Å²) >= 11 is 12.0. The second kappa shape index (κ2) is 8.52. The van der Waals surface area contributed by atoms with Gasteiger partial charge in [-0.2, -0.15) is 0 Å². The highest BCUT2D eigenvalue weighted by Gasteiger charge is 2.28. The van der Waals surface area contributed by atoms with E-state index in [1.807, 2.05) is 6.07 Å². The van der Waals surface area contributed by atoms with Gasteiger partial charge in [-0.15, -0.1) is 0 Å². The summed E-state index contributed by atoms with van der Waals surface area (Å²) in [7, 11) is 0. The maximum absolute atomic E-state index is 12.0. The van der Waals surface area contributed by atoms with Crippen LogP contribution >= 0.6 is 23.2 Å². The Morgan fingerprint density at radius 3 is 2.83 bits per heavy atom. The summed E-state index contributed by atoms with van der Waals surface area (Å²) in [5.74, 6) is -0.394. The average molecular weight is 359 g/mol. The number of hydrogen-bond acceptors (Lipinski definition) is 2. The minimum Gasteiger partial charge on any atom is -0.369 e. The van der Waals surface area contributed by atoms with Crippen LogP contribution in [0.2, 0.25) is 10.0 Å². The molecule has 4 N–H and O–H groups in total. The molecule has 0 radical (unpaired) electrons. The first-order valence-electron chi connectivity index (χ1n) is 7.79. The summed E-state index contributed by atoms with van der Waals surface area (Å²) in [6, 6.07) is 5.35. The van der Waals surface area contributed by atoms with E-state index in [9.17, 15) is 9.59 Å². The number of carbonyl (C=O) groups is 2. The molecule has 23 heavy (non-hydrogen) atoms. The maximum Gasteiger partial charge on any atom is 0.275 e. The number of carbonyl (C=O) groups excluding carboxylic acids is 2. The molecule has 2 amide bonds. The number of amides is 2. The summed E-state index contributed by atoms with van der Waals surface area (Å²) in [6.45, 7) is 2.44. The molecule has 0 aliphatic carbocycles. The van der Waals surface area contributed by atoms with Crippen LogP contribution in [0.15, 0.2) is 18.2 Å². The van der Waals surface area contributed by atoms with E-state index in [-0.39, 0.29) is 17.7 Å². The molecule has 0 saturated carbocycles. The molecule has 1 fully saturated rings. The molecular formula is C16H22Cl2N3O2+. The normalized spacial score (nSPS) is 21.0. The van der Waals surface area contributed by atoms with Crippen molar-refractivity contribution in [1.29, 1.82) is 0 Å². The van der Waals surface area contributed by atoms with E-state index in [4.69, 9.17) is 28.9 Å². The number of hydrogen-bond donors (Lipinski definition) is 3. The summed E-state index contributed by atoms with van der Waals surface area (Å²) in [4.78, 5) is 24.4. The van der Waals surface area contributed by atoms with Crippen molar-refractivity contribution in [1.82, 2.24) is 5.32 Å². The van der Waals surface area contributed by atoms with Gasteiger partial charge in [0.25, 0.3) is 5.91 Å². The highest BCUT2D eigenvalue weighted by Crippen LogP contribution is 2.20. The molecule has 1 unspecified atom stereocenters. The molecule has 0 aromatic heterocycles. The number of quaternary nitrogens is 1. The Hall–Kier alpha value is -1.30. The fraction of sp³-hybridized carbons (Fsp3) is 0.500. The first kappa shape index (κ1) is 18.0. The van der Waals surface area contributed by atoms with Crippen molar-refractivity contribution in [3.8, 4) is 0 Å². The van der Waals surface area contributed by atoms with Crippen molar-refractivity contribution >= 4 is 35.0 Å². The van der Waals surface area contributed by atoms with E-state index in [0.29, 0.717) is 36.1 Å². The van der Waals surface area contributed by atoms with Gasteiger partial charge in [0.15, 0.2) is 6.54 Å². The van der Waals surface area contributed by atoms with Crippen LogP contribution in [0.3, 0.4) is 0 Å². The minimum atomic E-state index is -0.264. The molecule has 0 bridgehead atoms. The molecule has 1 aliphatic heterocycles. The zero-order valence-corrected chi connectivity index (χ0v) is 14.4. The van der Waals surface area contributed by atoms with E-state index >= 15 is 0 Å². The van der Waals surface area contributed by atoms with Crippen LogP contribution in [-0.4, -0.2) is 38.0 Å². The topological polar surface area (TPSA) is 76.6 Å². The van der Waals surface area contributed by atoms with E-state index in [0.717, 1.165) is 29.8 Å². The van der Waals surface area contributed by atoms with Gasteiger partial charge in [0.1, 0.15) is 0 Å². The Kier molecular flexibility index (Phi) is 6.69. The Morgan fingerprint density at radius 1 is 1.35 bits per heavy atom.